The highest BCUT2D eigenvalue weighted by molar-refractivity contribution is 7.26. The Morgan fingerprint density at radius 3 is 2.35 bits per heavy atom. The van der Waals surface area contributed by atoms with E-state index < -0.39 is 0 Å². The molecule has 3 heteroatoms. The topological polar surface area (TPSA) is 52.0 Å². The molecule has 0 fully saturated rings. The van der Waals surface area contributed by atoms with Gasteiger partial charge in [0.2, 0.25) is 0 Å². The molecule has 23 heavy (non-hydrogen) atoms. The van der Waals surface area contributed by atoms with Gasteiger partial charge in [0.1, 0.15) is 0 Å². The predicted octanol–water partition coefficient (Wildman–Crippen LogP) is 5.53. The van der Waals surface area contributed by atoms with E-state index in [1.807, 2.05) is 24.3 Å². The number of nitrogen functional groups attached to an aromatic ring is 2. The van der Waals surface area contributed by atoms with Crippen LogP contribution in [0.4, 0.5) is 11.4 Å². The normalized spacial score (nSPS) is 11.1. The van der Waals surface area contributed by atoms with E-state index in [1.165, 1.54) is 20.2 Å². The first-order valence-corrected chi connectivity index (χ1v) is 8.22. The molecular weight excluding hydrogens is 300 g/mol. The monoisotopic (exact) mass is 316 g/mol. The summed E-state index contributed by atoms with van der Waals surface area (Å²) in [6.45, 7) is 3.81. The number of rotatable bonds is 2. The highest BCUT2D eigenvalue weighted by Gasteiger charge is 2.14. The summed E-state index contributed by atoms with van der Waals surface area (Å²) >= 11 is 1.77. The summed E-state index contributed by atoms with van der Waals surface area (Å²) in [5, 5.41) is 2.35. The van der Waals surface area contributed by atoms with Crippen molar-refractivity contribution in [1.82, 2.24) is 0 Å². The number of hydrogen-bond donors (Lipinski definition) is 2. The van der Waals surface area contributed by atoms with Crippen LogP contribution < -0.4 is 11.5 Å². The maximum Gasteiger partial charge on any atom is 0.0401 e. The minimum Gasteiger partial charge on any atom is -0.399 e. The van der Waals surface area contributed by atoms with Gasteiger partial charge in [-0.25, -0.2) is 0 Å². The van der Waals surface area contributed by atoms with Gasteiger partial charge in [-0.3, -0.25) is 0 Å². The van der Waals surface area contributed by atoms with Crippen molar-refractivity contribution in [3.05, 3.63) is 66.7 Å². The van der Waals surface area contributed by atoms with Gasteiger partial charge < -0.3 is 11.5 Å². The average molecular weight is 316 g/mol. The molecule has 0 bridgehead atoms. The van der Waals surface area contributed by atoms with E-state index in [-0.39, 0.29) is 0 Å². The van der Waals surface area contributed by atoms with Crippen molar-refractivity contribution in [1.29, 1.82) is 0 Å². The van der Waals surface area contributed by atoms with Crippen molar-refractivity contribution in [3.8, 4) is 11.1 Å². The Morgan fingerprint density at radius 1 is 0.870 bits per heavy atom. The Morgan fingerprint density at radius 2 is 1.61 bits per heavy atom. The number of hydrogen-bond acceptors (Lipinski definition) is 3. The van der Waals surface area contributed by atoms with Gasteiger partial charge in [0.05, 0.1) is 0 Å². The smallest absolute Gasteiger partial charge is 0.0401 e. The zero-order valence-corrected chi connectivity index (χ0v) is 13.4. The zero-order chi connectivity index (χ0) is 16.0. The largest absolute Gasteiger partial charge is 0.399 e. The Hall–Kier alpha value is -2.78. The number of anilines is 2. The van der Waals surface area contributed by atoms with Crippen molar-refractivity contribution in [2.45, 2.75) is 0 Å². The molecule has 4 N–H and O–H groups in total. The van der Waals surface area contributed by atoms with Crippen LogP contribution in [0.2, 0.25) is 0 Å². The molecule has 4 rings (SSSR count). The van der Waals surface area contributed by atoms with Gasteiger partial charge in [-0.1, -0.05) is 36.9 Å². The molecule has 0 aliphatic carbocycles. The first-order chi connectivity index (χ1) is 11.2. The summed E-state index contributed by atoms with van der Waals surface area (Å²) in [7, 11) is 0. The lowest BCUT2D eigenvalue weighted by Crippen LogP contribution is -1.91. The van der Waals surface area contributed by atoms with Crippen molar-refractivity contribution < 1.29 is 0 Å². The van der Waals surface area contributed by atoms with Crippen molar-refractivity contribution in [2.24, 2.45) is 0 Å². The van der Waals surface area contributed by atoms with Gasteiger partial charge in [0, 0.05) is 37.1 Å². The van der Waals surface area contributed by atoms with Gasteiger partial charge >= 0.3 is 0 Å². The second-order valence-electron chi connectivity index (χ2n) is 5.59. The molecule has 0 aliphatic heterocycles. The quantitative estimate of drug-likeness (QED) is 0.478. The molecule has 3 aromatic carbocycles. The fourth-order valence-electron chi connectivity index (χ4n) is 3.00. The van der Waals surface area contributed by atoms with Gasteiger partial charge in [-0.2, -0.15) is 0 Å². The number of benzene rings is 3. The lowest BCUT2D eigenvalue weighted by molar-refractivity contribution is 1.63. The van der Waals surface area contributed by atoms with Gasteiger partial charge in [-0.05, 0) is 41.5 Å². The third-order valence-electron chi connectivity index (χ3n) is 4.13. The average Bonchev–Trinajstić information content (AvgIpc) is 2.93. The summed E-state index contributed by atoms with van der Waals surface area (Å²) in [6.07, 6.45) is 1.84. The Balaban J connectivity index is 2.11. The van der Waals surface area contributed by atoms with Crippen molar-refractivity contribution >= 4 is 49.0 Å². The van der Waals surface area contributed by atoms with E-state index in [9.17, 15) is 0 Å². The molecule has 0 unspecified atom stereocenters. The standard InChI is InChI=1S/C20H16N2S/c1-2-12-3-5-13(6-4-12)19-16(22)8-10-18-20(19)15-11-14(21)7-9-17(15)23-18/h2-11H,1,21-22H2. The number of fused-ring (bicyclic) bond motifs is 3. The predicted molar refractivity (Wildman–Crippen MR) is 104 cm³/mol. The maximum atomic E-state index is 6.33. The molecule has 0 atom stereocenters. The van der Waals surface area contributed by atoms with E-state index in [0.717, 1.165) is 28.1 Å². The summed E-state index contributed by atoms with van der Waals surface area (Å²) in [6, 6.07) is 18.4. The fourth-order valence-corrected chi connectivity index (χ4v) is 4.09. The third kappa shape index (κ3) is 2.17. The fraction of sp³-hybridized carbons (Fsp3) is 0. The Labute approximate surface area is 138 Å². The molecule has 0 aliphatic rings. The molecule has 0 saturated carbocycles. The third-order valence-corrected chi connectivity index (χ3v) is 5.26. The zero-order valence-electron chi connectivity index (χ0n) is 12.5. The summed E-state index contributed by atoms with van der Waals surface area (Å²) in [4.78, 5) is 0. The Kier molecular flexibility index (Phi) is 3.10. The highest BCUT2D eigenvalue weighted by atomic mass is 32.1. The summed E-state index contributed by atoms with van der Waals surface area (Å²) in [5.74, 6) is 0. The van der Waals surface area contributed by atoms with Gasteiger partial charge in [0.25, 0.3) is 0 Å². The van der Waals surface area contributed by atoms with Gasteiger partial charge in [0.15, 0.2) is 0 Å². The molecule has 0 radical (unpaired) electrons. The highest BCUT2D eigenvalue weighted by Crippen LogP contribution is 2.43. The SMILES string of the molecule is C=Cc1ccc(-c2c(N)ccc3sc4ccc(N)cc4c23)cc1. The first kappa shape index (κ1) is 13.9. The van der Waals surface area contributed by atoms with Crippen LogP contribution in [0, 0.1) is 0 Å². The molecule has 0 spiro atoms. The van der Waals surface area contributed by atoms with Crippen LogP contribution in [0.1, 0.15) is 5.56 Å². The Bertz CT molecular complexity index is 1040. The van der Waals surface area contributed by atoms with Crippen molar-refractivity contribution in [3.63, 3.8) is 0 Å². The van der Waals surface area contributed by atoms with Crippen LogP contribution in [0.15, 0.2) is 61.2 Å². The minimum atomic E-state index is 0.771. The maximum absolute atomic E-state index is 6.33. The van der Waals surface area contributed by atoms with E-state index in [1.54, 1.807) is 11.3 Å². The van der Waals surface area contributed by atoms with Crippen LogP contribution >= 0.6 is 11.3 Å². The molecule has 112 valence electrons. The minimum absolute atomic E-state index is 0.771. The molecule has 1 heterocycles. The van der Waals surface area contributed by atoms with Crippen molar-refractivity contribution in [2.75, 3.05) is 11.5 Å². The van der Waals surface area contributed by atoms with Crippen LogP contribution in [-0.2, 0) is 0 Å². The van der Waals surface area contributed by atoms with Crippen LogP contribution in [0.5, 0.6) is 0 Å². The van der Waals surface area contributed by atoms with E-state index in [2.05, 4.69) is 43.0 Å². The molecule has 1 aromatic heterocycles. The second-order valence-corrected chi connectivity index (χ2v) is 6.67. The number of thiophene rings is 1. The summed E-state index contributed by atoms with van der Waals surface area (Å²) in [5.41, 5.74) is 17.2. The second kappa shape index (κ2) is 5.14. The van der Waals surface area contributed by atoms with E-state index in [0.29, 0.717) is 0 Å². The van der Waals surface area contributed by atoms with Crippen LogP contribution in [0.3, 0.4) is 0 Å². The lowest BCUT2D eigenvalue weighted by atomic mass is 9.97. The first-order valence-electron chi connectivity index (χ1n) is 7.40. The molecule has 0 saturated heterocycles. The molecular formula is C20H16N2S. The van der Waals surface area contributed by atoms with E-state index >= 15 is 0 Å². The van der Waals surface area contributed by atoms with E-state index in [4.69, 9.17) is 11.5 Å². The van der Waals surface area contributed by atoms with Crippen LogP contribution in [-0.4, -0.2) is 0 Å². The number of nitrogens with two attached hydrogens (primary N) is 2. The lowest BCUT2D eigenvalue weighted by Gasteiger charge is -2.09. The van der Waals surface area contributed by atoms with Gasteiger partial charge in [-0.15, -0.1) is 11.3 Å². The van der Waals surface area contributed by atoms with Crippen LogP contribution in [0.25, 0.3) is 37.4 Å². The molecule has 2 nitrogen and oxygen atoms in total. The molecule has 0 amide bonds. The summed E-state index contributed by atoms with van der Waals surface area (Å²) < 4.78 is 2.45. The molecule has 4 aromatic rings.